The van der Waals surface area contributed by atoms with Gasteiger partial charge < -0.3 is 4.18 Å². The zero-order valence-electron chi connectivity index (χ0n) is 5.16. The molecule has 0 saturated carbocycles. The summed E-state index contributed by atoms with van der Waals surface area (Å²) in [5.74, 6) is 0.781. The van der Waals surface area contributed by atoms with E-state index in [4.69, 9.17) is 0 Å². The predicted octanol–water partition coefficient (Wildman–Crippen LogP) is 2.22. The Morgan fingerprint density at radius 2 is 1.78 bits per heavy atom. The molecule has 0 aliphatic carbocycles. The molecule has 0 aliphatic rings. The molecule has 0 heterocycles. The normalized spacial score (nSPS) is 9.11. The van der Waals surface area contributed by atoms with Crippen molar-refractivity contribution in [2.24, 2.45) is 0 Å². The predicted molar refractivity (Wildman–Crippen MR) is 40.8 cm³/mol. The van der Waals surface area contributed by atoms with Gasteiger partial charge in [0.1, 0.15) is 5.75 Å². The van der Waals surface area contributed by atoms with E-state index in [1.54, 1.807) is 0 Å². The molecule has 1 rings (SSSR count). The van der Waals surface area contributed by atoms with E-state index in [1.165, 1.54) is 5.56 Å². The second kappa shape index (κ2) is 2.78. The van der Waals surface area contributed by atoms with Gasteiger partial charge in [-0.05, 0) is 19.1 Å². The third-order valence-corrected chi connectivity index (χ3v) is 1.34. The van der Waals surface area contributed by atoms with Crippen LogP contribution in [0.2, 0.25) is 0 Å². The van der Waals surface area contributed by atoms with Crippen LogP contribution in [0.25, 0.3) is 0 Å². The maximum Gasteiger partial charge on any atom is 0.137 e. The zero-order chi connectivity index (χ0) is 6.69. The zero-order valence-corrected chi connectivity index (χ0v) is 6.06. The molecule has 1 aromatic rings. The molecule has 0 fully saturated rings. The number of hydrogen-bond acceptors (Lipinski definition) is 2. The molecular weight excluding hydrogens is 132 g/mol. The van der Waals surface area contributed by atoms with Gasteiger partial charge in [-0.15, -0.1) is 0 Å². The van der Waals surface area contributed by atoms with Crippen LogP contribution in [0.15, 0.2) is 24.3 Å². The maximum atomic E-state index is 4.66. The summed E-state index contributed by atoms with van der Waals surface area (Å²) in [5.41, 5.74) is 1.23. The minimum Gasteiger partial charge on any atom is -0.429 e. The van der Waals surface area contributed by atoms with Crippen LogP contribution in [-0.2, 0) is 0 Å². The van der Waals surface area contributed by atoms with Crippen molar-refractivity contribution in [3.63, 3.8) is 0 Å². The first-order valence-electron chi connectivity index (χ1n) is 2.71. The smallest absolute Gasteiger partial charge is 0.137 e. The number of thiol groups is 1. The summed E-state index contributed by atoms with van der Waals surface area (Å²) in [6.07, 6.45) is 0. The van der Waals surface area contributed by atoms with Crippen LogP contribution in [0, 0.1) is 6.92 Å². The summed E-state index contributed by atoms with van der Waals surface area (Å²) in [5, 5.41) is 0. The Bertz CT molecular complexity index is 181. The van der Waals surface area contributed by atoms with Crippen molar-refractivity contribution in [3.8, 4) is 5.75 Å². The van der Waals surface area contributed by atoms with Crippen LogP contribution in [0.3, 0.4) is 0 Å². The molecule has 0 amide bonds. The summed E-state index contributed by atoms with van der Waals surface area (Å²) >= 11 is 3.64. The van der Waals surface area contributed by atoms with Crippen molar-refractivity contribution in [2.75, 3.05) is 0 Å². The number of benzene rings is 1. The van der Waals surface area contributed by atoms with Crippen molar-refractivity contribution < 1.29 is 4.18 Å². The summed E-state index contributed by atoms with van der Waals surface area (Å²) in [4.78, 5) is 0. The SMILES string of the molecule is Cc1ccc(OS)cc1. The Labute approximate surface area is 60.3 Å². The Balaban J connectivity index is 2.88. The lowest BCUT2D eigenvalue weighted by Crippen LogP contribution is -1.74. The van der Waals surface area contributed by atoms with Gasteiger partial charge in [-0.25, -0.2) is 0 Å². The highest BCUT2D eigenvalue weighted by Crippen LogP contribution is 2.11. The van der Waals surface area contributed by atoms with Gasteiger partial charge >= 0.3 is 0 Å². The number of rotatable bonds is 1. The second-order valence-electron chi connectivity index (χ2n) is 1.90. The fraction of sp³-hybridized carbons (Fsp3) is 0.143. The molecule has 2 heteroatoms. The first kappa shape index (κ1) is 6.49. The molecule has 0 saturated heterocycles. The molecule has 0 unspecified atom stereocenters. The topological polar surface area (TPSA) is 9.23 Å². The molecular formula is C7H8OS. The quantitative estimate of drug-likeness (QED) is 0.465. The summed E-state index contributed by atoms with van der Waals surface area (Å²) in [6.45, 7) is 2.03. The highest BCUT2D eigenvalue weighted by atomic mass is 32.1. The van der Waals surface area contributed by atoms with Crippen LogP contribution in [-0.4, -0.2) is 0 Å². The van der Waals surface area contributed by atoms with Gasteiger partial charge in [0.2, 0.25) is 0 Å². The van der Waals surface area contributed by atoms with Gasteiger partial charge in [-0.2, -0.15) is 0 Å². The first-order valence-corrected chi connectivity index (χ1v) is 3.07. The molecule has 0 radical (unpaired) electrons. The first-order chi connectivity index (χ1) is 4.33. The molecule has 1 aromatic carbocycles. The van der Waals surface area contributed by atoms with Crippen LogP contribution in [0.1, 0.15) is 5.56 Å². The summed E-state index contributed by atoms with van der Waals surface area (Å²) < 4.78 is 4.66. The standard InChI is InChI=1S/C7H8OS/c1-6-2-4-7(8-9)5-3-6/h2-5,9H,1H3. The fourth-order valence-electron chi connectivity index (χ4n) is 0.599. The van der Waals surface area contributed by atoms with Crippen LogP contribution in [0.4, 0.5) is 0 Å². The lowest BCUT2D eigenvalue weighted by atomic mass is 10.2. The number of hydrogen-bond donors (Lipinski definition) is 1. The molecule has 0 spiro atoms. The monoisotopic (exact) mass is 140 g/mol. The van der Waals surface area contributed by atoms with Gasteiger partial charge in [0.25, 0.3) is 0 Å². The number of aryl methyl sites for hydroxylation is 1. The third kappa shape index (κ3) is 1.64. The molecule has 1 nitrogen and oxygen atoms in total. The van der Waals surface area contributed by atoms with E-state index in [9.17, 15) is 0 Å². The lowest BCUT2D eigenvalue weighted by Gasteiger charge is -1.95. The van der Waals surface area contributed by atoms with Crippen LogP contribution < -0.4 is 4.18 Å². The van der Waals surface area contributed by atoms with Gasteiger partial charge in [-0.3, -0.25) is 0 Å². The lowest BCUT2D eigenvalue weighted by molar-refractivity contribution is 0.658. The highest BCUT2D eigenvalue weighted by Gasteiger charge is 1.86. The summed E-state index contributed by atoms with van der Waals surface area (Å²) in [6, 6.07) is 7.71. The van der Waals surface area contributed by atoms with E-state index < -0.39 is 0 Å². The van der Waals surface area contributed by atoms with E-state index in [2.05, 4.69) is 17.1 Å². The Morgan fingerprint density at radius 1 is 1.22 bits per heavy atom. The molecule has 48 valence electrons. The van der Waals surface area contributed by atoms with Gasteiger partial charge in [0, 0.05) is 12.9 Å². The van der Waals surface area contributed by atoms with E-state index in [0.717, 1.165) is 5.75 Å². The van der Waals surface area contributed by atoms with Crippen molar-refractivity contribution in [3.05, 3.63) is 29.8 Å². The Morgan fingerprint density at radius 3 is 2.22 bits per heavy atom. The largest absolute Gasteiger partial charge is 0.429 e. The molecule has 0 bridgehead atoms. The third-order valence-electron chi connectivity index (χ3n) is 1.13. The van der Waals surface area contributed by atoms with Crippen LogP contribution in [0.5, 0.6) is 5.75 Å². The minimum atomic E-state index is 0.781. The maximum absolute atomic E-state index is 4.66. The van der Waals surface area contributed by atoms with E-state index in [0.29, 0.717) is 0 Å². The van der Waals surface area contributed by atoms with Crippen molar-refractivity contribution in [1.29, 1.82) is 0 Å². The van der Waals surface area contributed by atoms with Crippen LogP contribution >= 0.6 is 12.9 Å². The fourth-order valence-corrected chi connectivity index (χ4v) is 0.721. The molecule has 0 atom stereocenters. The summed E-state index contributed by atoms with van der Waals surface area (Å²) in [7, 11) is 0. The van der Waals surface area contributed by atoms with E-state index in [-0.39, 0.29) is 0 Å². The van der Waals surface area contributed by atoms with Crippen molar-refractivity contribution >= 4 is 12.9 Å². The molecule has 0 aromatic heterocycles. The van der Waals surface area contributed by atoms with E-state index in [1.807, 2.05) is 31.2 Å². The van der Waals surface area contributed by atoms with Gasteiger partial charge in [0.05, 0.1) is 0 Å². The molecule has 9 heavy (non-hydrogen) atoms. The average Bonchev–Trinajstić information content (AvgIpc) is 1.90. The van der Waals surface area contributed by atoms with Gasteiger partial charge in [-0.1, -0.05) is 17.7 Å². The Kier molecular flexibility index (Phi) is 2.01. The average molecular weight is 140 g/mol. The molecule has 0 aliphatic heterocycles. The van der Waals surface area contributed by atoms with Crippen molar-refractivity contribution in [1.82, 2.24) is 0 Å². The second-order valence-corrected chi connectivity index (χ2v) is 2.09. The minimum absolute atomic E-state index is 0.781. The highest BCUT2D eigenvalue weighted by molar-refractivity contribution is 7.75. The van der Waals surface area contributed by atoms with Crippen molar-refractivity contribution in [2.45, 2.75) is 6.92 Å². The van der Waals surface area contributed by atoms with Gasteiger partial charge in [0.15, 0.2) is 0 Å². The Hall–Kier alpha value is -0.630. The molecule has 0 N–H and O–H groups in total. The van der Waals surface area contributed by atoms with E-state index >= 15 is 0 Å².